The molecule has 1 atom stereocenters. The third kappa shape index (κ3) is 3.70. The maximum atomic E-state index is 12.0. The zero-order chi connectivity index (χ0) is 16.2. The average Bonchev–Trinajstić information content (AvgIpc) is 2.99. The lowest BCUT2D eigenvalue weighted by atomic mass is 10.1. The van der Waals surface area contributed by atoms with Crippen LogP contribution in [-0.2, 0) is 14.3 Å². The second-order valence-corrected chi connectivity index (χ2v) is 5.95. The summed E-state index contributed by atoms with van der Waals surface area (Å²) in [5, 5.41) is 2.76. The zero-order valence-corrected chi connectivity index (χ0v) is 12.9. The van der Waals surface area contributed by atoms with E-state index in [1.165, 1.54) is 0 Å². The monoisotopic (exact) mass is 316 g/mol. The largest absolute Gasteiger partial charge is 0.460 e. The summed E-state index contributed by atoms with van der Waals surface area (Å²) < 4.78 is 5.23. The molecule has 2 saturated heterocycles. The van der Waals surface area contributed by atoms with Crippen molar-refractivity contribution < 1.29 is 19.1 Å². The van der Waals surface area contributed by atoms with Crippen molar-refractivity contribution in [3.05, 3.63) is 29.8 Å². The van der Waals surface area contributed by atoms with E-state index in [9.17, 15) is 14.4 Å². The number of hydrogen-bond donors (Lipinski definition) is 1. The third-order valence-electron chi connectivity index (χ3n) is 4.24. The number of nitrogens with zero attached hydrogens (tertiary/aromatic N) is 1. The predicted octanol–water partition coefficient (Wildman–Crippen LogP) is 1.64. The predicted molar refractivity (Wildman–Crippen MR) is 84.1 cm³/mol. The maximum absolute atomic E-state index is 12.0. The van der Waals surface area contributed by atoms with Crippen molar-refractivity contribution in [2.75, 3.05) is 18.1 Å². The van der Waals surface area contributed by atoms with Crippen molar-refractivity contribution in [2.24, 2.45) is 0 Å². The highest BCUT2D eigenvalue weighted by atomic mass is 16.5. The lowest BCUT2D eigenvalue weighted by Crippen LogP contribution is -2.35. The Morgan fingerprint density at radius 1 is 1.17 bits per heavy atom. The van der Waals surface area contributed by atoms with Crippen LogP contribution in [0.15, 0.2) is 24.3 Å². The summed E-state index contributed by atoms with van der Waals surface area (Å²) in [5.74, 6) is -0.284. The van der Waals surface area contributed by atoms with Crippen LogP contribution in [0.25, 0.3) is 0 Å². The van der Waals surface area contributed by atoms with Gasteiger partial charge in [-0.3, -0.25) is 9.59 Å². The van der Waals surface area contributed by atoms with Crippen LogP contribution >= 0.6 is 0 Å². The standard InChI is InChI=1S/C17H20N2O4/c20-15-9-6-13(18-15)11-23-17(22)12-4-7-14(8-5-12)19-10-2-1-3-16(19)21/h4-5,7-8,13H,1-3,6,9-11H2,(H,18,20). The highest BCUT2D eigenvalue weighted by molar-refractivity contribution is 5.95. The molecule has 3 rings (SSSR count). The molecule has 6 heteroatoms. The van der Waals surface area contributed by atoms with Crippen molar-refractivity contribution in [3.8, 4) is 0 Å². The number of esters is 1. The molecule has 23 heavy (non-hydrogen) atoms. The molecule has 1 N–H and O–H groups in total. The van der Waals surface area contributed by atoms with Gasteiger partial charge >= 0.3 is 5.97 Å². The van der Waals surface area contributed by atoms with Gasteiger partial charge in [-0.1, -0.05) is 0 Å². The van der Waals surface area contributed by atoms with Crippen LogP contribution in [0.3, 0.4) is 0 Å². The van der Waals surface area contributed by atoms with Crippen LogP contribution in [0.4, 0.5) is 5.69 Å². The molecule has 6 nitrogen and oxygen atoms in total. The van der Waals surface area contributed by atoms with Crippen LogP contribution in [-0.4, -0.2) is 37.0 Å². The Balaban J connectivity index is 1.57. The molecule has 0 saturated carbocycles. The first kappa shape index (κ1) is 15.5. The van der Waals surface area contributed by atoms with E-state index in [0.717, 1.165) is 25.1 Å². The van der Waals surface area contributed by atoms with Gasteiger partial charge in [-0.15, -0.1) is 0 Å². The van der Waals surface area contributed by atoms with E-state index in [0.29, 0.717) is 24.8 Å². The molecule has 1 aromatic carbocycles. The van der Waals surface area contributed by atoms with E-state index in [2.05, 4.69) is 5.32 Å². The molecule has 2 amide bonds. The first-order valence-corrected chi connectivity index (χ1v) is 8.00. The number of carbonyl (C=O) groups is 3. The summed E-state index contributed by atoms with van der Waals surface area (Å²) in [6.45, 7) is 0.918. The maximum Gasteiger partial charge on any atom is 0.338 e. The Morgan fingerprint density at radius 2 is 1.96 bits per heavy atom. The summed E-state index contributed by atoms with van der Waals surface area (Å²) in [5.41, 5.74) is 1.26. The number of benzene rings is 1. The molecule has 0 spiro atoms. The normalized spacial score (nSPS) is 21.2. The first-order valence-electron chi connectivity index (χ1n) is 8.00. The van der Waals surface area contributed by atoms with Gasteiger partial charge in [0.05, 0.1) is 11.6 Å². The molecule has 0 bridgehead atoms. The van der Waals surface area contributed by atoms with E-state index in [4.69, 9.17) is 4.74 Å². The summed E-state index contributed by atoms with van der Waals surface area (Å²) >= 11 is 0. The van der Waals surface area contributed by atoms with E-state index in [1.54, 1.807) is 29.2 Å². The lowest BCUT2D eigenvalue weighted by Gasteiger charge is -2.26. The molecule has 0 aromatic heterocycles. The highest BCUT2D eigenvalue weighted by Gasteiger charge is 2.23. The van der Waals surface area contributed by atoms with E-state index in [-0.39, 0.29) is 24.5 Å². The van der Waals surface area contributed by atoms with Crippen molar-refractivity contribution in [3.63, 3.8) is 0 Å². The Hall–Kier alpha value is -2.37. The number of ether oxygens (including phenoxy) is 1. The third-order valence-corrected chi connectivity index (χ3v) is 4.24. The van der Waals surface area contributed by atoms with E-state index in [1.807, 2.05) is 0 Å². The van der Waals surface area contributed by atoms with Crippen molar-refractivity contribution >= 4 is 23.5 Å². The number of piperidine rings is 1. The van der Waals surface area contributed by atoms with E-state index < -0.39 is 5.97 Å². The topological polar surface area (TPSA) is 75.7 Å². The summed E-state index contributed by atoms with van der Waals surface area (Å²) in [4.78, 5) is 36.8. The molecule has 1 unspecified atom stereocenters. The molecular weight excluding hydrogens is 296 g/mol. The zero-order valence-electron chi connectivity index (χ0n) is 12.9. The Labute approximate surface area is 134 Å². The molecule has 2 fully saturated rings. The molecular formula is C17H20N2O4. The van der Waals surface area contributed by atoms with Crippen molar-refractivity contribution in [1.82, 2.24) is 5.32 Å². The molecule has 2 aliphatic heterocycles. The first-order chi connectivity index (χ1) is 11.1. The smallest absolute Gasteiger partial charge is 0.338 e. The quantitative estimate of drug-likeness (QED) is 0.857. The number of amides is 2. The summed E-state index contributed by atoms with van der Waals surface area (Å²) in [6.07, 6.45) is 3.71. The minimum absolute atomic E-state index is 0.00148. The van der Waals surface area contributed by atoms with E-state index >= 15 is 0 Å². The van der Waals surface area contributed by atoms with Gasteiger partial charge in [-0.25, -0.2) is 4.79 Å². The molecule has 0 radical (unpaired) electrons. The van der Waals surface area contributed by atoms with Crippen LogP contribution < -0.4 is 10.2 Å². The van der Waals surface area contributed by atoms with Gasteiger partial charge in [0, 0.05) is 25.1 Å². The Morgan fingerprint density at radius 3 is 2.61 bits per heavy atom. The number of hydrogen-bond acceptors (Lipinski definition) is 4. The second-order valence-electron chi connectivity index (χ2n) is 5.95. The summed E-state index contributed by atoms with van der Waals surface area (Å²) in [7, 11) is 0. The van der Waals surface area contributed by atoms with Crippen LogP contribution in [0.5, 0.6) is 0 Å². The van der Waals surface area contributed by atoms with Crippen LogP contribution in [0.2, 0.25) is 0 Å². The van der Waals surface area contributed by atoms with Gasteiger partial charge in [-0.05, 0) is 43.5 Å². The fourth-order valence-corrected chi connectivity index (χ4v) is 2.92. The van der Waals surface area contributed by atoms with Gasteiger partial charge in [0.15, 0.2) is 0 Å². The van der Waals surface area contributed by atoms with Crippen molar-refractivity contribution in [1.29, 1.82) is 0 Å². The molecule has 2 aliphatic rings. The number of anilines is 1. The van der Waals surface area contributed by atoms with Gasteiger partial charge in [0.25, 0.3) is 0 Å². The molecule has 0 aliphatic carbocycles. The van der Waals surface area contributed by atoms with Gasteiger partial charge in [-0.2, -0.15) is 0 Å². The number of rotatable bonds is 4. The fraction of sp³-hybridized carbons (Fsp3) is 0.471. The van der Waals surface area contributed by atoms with Gasteiger partial charge in [0.1, 0.15) is 6.61 Å². The Bertz CT molecular complexity index is 612. The molecule has 122 valence electrons. The van der Waals surface area contributed by atoms with Crippen LogP contribution in [0.1, 0.15) is 42.5 Å². The SMILES string of the molecule is O=C1CCC(COC(=O)c2ccc(N3CCCCC3=O)cc2)N1. The molecule has 2 heterocycles. The second kappa shape index (κ2) is 6.81. The highest BCUT2D eigenvalue weighted by Crippen LogP contribution is 2.21. The van der Waals surface area contributed by atoms with Gasteiger partial charge < -0.3 is 15.0 Å². The minimum Gasteiger partial charge on any atom is -0.460 e. The number of carbonyl (C=O) groups excluding carboxylic acids is 3. The average molecular weight is 316 g/mol. The summed E-state index contributed by atoms with van der Waals surface area (Å²) in [6, 6.07) is 6.81. The Kier molecular flexibility index (Phi) is 4.60. The van der Waals surface area contributed by atoms with Gasteiger partial charge in [0.2, 0.25) is 11.8 Å². The molecule has 1 aromatic rings. The number of nitrogens with one attached hydrogen (secondary N) is 1. The lowest BCUT2D eigenvalue weighted by molar-refractivity contribution is -0.120. The van der Waals surface area contributed by atoms with Crippen molar-refractivity contribution in [2.45, 2.75) is 38.1 Å². The fourth-order valence-electron chi connectivity index (χ4n) is 2.92. The minimum atomic E-state index is -0.414. The van der Waals surface area contributed by atoms with Crippen LogP contribution in [0, 0.1) is 0 Å².